The summed E-state index contributed by atoms with van der Waals surface area (Å²) in [4.78, 5) is 16.9. The molecule has 3 nitrogen and oxygen atoms in total. The lowest BCUT2D eigenvalue weighted by Crippen LogP contribution is -2.18. The predicted octanol–water partition coefficient (Wildman–Crippen LogP) is 3.28. The molecule has 1 amide bonds. The van der Waals surface area contributed by atoms with Gasteiger partial charge in [-0.15, -0.1) is 0 Å². The zero-order valence-electron chi connectivity index (χ0n) is 11.7. The third kappa shape index (κ3) is 2.06. The van der Waals surface area contributed by atoms with Crippen LogP contribution in [0.25, 0.3) is 5.57 Å². The van der Waals surface area contributed by atoms with E-state index in [1.165, 1.54) is 0 Å². The first-order valence-electron chi connectivity index (χ1n) is 7.16. The number of amides is 1. The van der Waals surface area contributed by atoms with Gasteiger partial charge < -0.3 is 5.32 Å². The number of nitrogens with zero attached hydrogens (tertiary/aromatic N) is 1. The van der Waals surface area contributed by atoms with Gasteiger partial charge in [0.15, 0.2) is 0 Å². The molecule has 2 aromatic rings. The number of carbonyl (C=O) groups is 1. The Morgan fingerprint density at radius 2 is 1.91 bits per heavy atom. The van der Waals surface area contributed by atoms with Crippen LogP contribution in [0, 0.1) is 5.92 Å². The van der Waals surface area contributed by atoms with E-state index in [0.717, 1.165) is 22.3 Å². The van der Waals surface area contributed by atoms with E-state index in [4.69, 9.17) is 11.6 Å². The van der Waals surface area contributed by atoms with E-state index in [1.807, 2.05) is 54.7 Å². The Morgan fingerprint density at radius 3 is 2.73 bits per heavy atom. The van der Waals surface area contributed by atoms with Gasteiger partial charge in [0.05, 0.1) is 11.6 Å². The van der Waals surface area contributed by atoms with Crippen LogP contribution in [0.15, 0.2) is 59.7 Å². The molecule has 2 heterocycles. The molecule has 22 heavy (non-hydrogen) atoms. The molecule has 2 aromatic carbocycles. The summed E-state index contributed by atoms with van der Waals surface area (Å²) in [5.41, 5.74) is 4.54. The number of hydrogen-bond donors (Lipinski definition) is 1. The number of nitrogens with one attached hydrogen (secondary N) is 1. The molecule has 1 unspecified atom stereocenters. The summed E-state index contributed by atoms with van der Waals surface area (Å²) in [6, 6.07) is 15.5. The number of rotatable bonds is 1. The first-order chi connectivity index (χ1) is 10.7. The van der Waals surface area contributed by atoms with Crippen molar-refractivity contribution in [3.8, 4) is 0 Å². The molecule has 2 aliphatic heterocycles. The fourth-order valence-corrected chi connectivity index (χ4v) is 3.18. The number of fused-ring (bicyclic) bond motifs is 3. The quantitative estimate of drug-likeness (QED) is 0.878. The minimum Gasteiger partial charge on any atom is -0.389 e. The van der Waals surface area contributed by atoms with Gasteiger partial charge in [0.1, 0.15) is 0 Å². The van der Waals surface area contributed by atoms with Crippen LogP contribution in [-0.4, -0.2) is 18.2 Å². The van der Waals surface area contributed by atoms with Crippen molar-refractivity contribution in [3.05, 3.63) is 76.4 Å². The molecule has 2 aliphatic rings. The Bertz CT molecular complexity index is 824. The van der Waals surface area contributed by atoms with Crippen LogP contribution < -0.4 is 5.32 Å². The smallest absolute Gasteiger partial charge is 0.255 e. The van der Waals surface area contributed by atoms with Gasteiger partial charge >= 0.3 is 0 Å². The second-order valence-corrected chi connectivity index (χ2v) is 5.85. The SMILES string of the molecule is O=C1N=C(c2ccccc2)c2cc(Cl)ccc2C2=CNCC12. The molecule has 0 aliphatic carbocycles. The van der Waals surface area contributed by atoms with Gasteiger partial charge in [0, 0.05) is 28.9 Å². The maximum Gasteiger partial charge on any atom is 0.255 e. The Kier molecular flexibility index (Phi) is 3.09. The molecule has 4 heteroatoms. The molecule has 0 spiro atoms. The van der Waals surface area contributed by atoms with E-state index in [1.54, 1.807) is 0 Å². The van der Waals surface area contributed by atoms with Crippen LogP contribution in [-0.2, 0) is 4.79 Å². The summed E-state index contributed by atoms with van der Waals surface area (Å²) >= 11 is 6.19. The molecule has 1 atom stereocenters. The average Bonchev–Trinajstić information content (AvgIpc) is 2.99. The van der Waals surface area contributed by atoms with Gasteiger partial charge in [-0.1, -0.05) is 48.0 Å². The van der Waals surface area contributed by atoms with Crippen LogP contribution in [0.4, 0.5) is 0 Å². The zero-order valence-corrected chi connectivity index (χ0v) is 12.5. The summed E-state index contributed by atoms with van der Waals surface area (Å²) in [7, 11) is 0. The fourth-order valence-electron chi connectivity index (χ4n) is 3.01. The number of carbonyl (C=O) groups excluding carboxylic acids is 1. The van der Waals surface area contributed by atoms with Crippen LogP contribution in [0.3, 0.4) is 0 Å². The molecule has 0 saturated carbocycles. The van der Waals surface area contributed by atoms with E-state index in [0.29, 0.717) is 17.3 Å². The standard InChI is InChI=1S/C18H13ClN2O/c19-12-6-7-13-14(8-12)17(11-4-2-1-3-5-11)21-18(22)16-10-20-9-15(13)16/h1-9,16,20H,10H2. The van der Waals surface area contributed by atoms with Crippen LogP contribution >= 0.6 is 11.6 Å². The molecule has 0 fully saturated rings. The highest BCUT2D eigenvalue weighted by atomic mass is 35.5. The van der Waals surface area contributed by atoms with Gasteiger partial charge in [0.25, 0.3) is 5.91 Å². The van der Waals surface area contributed by atoms with Crippen molar-refractivity contribution in [3.63, 3.8) is 0 Å². The van der Waals surface area contributed by atoms with Crippen molar-refractivity contribution in [2.45, 2.75) is 0 Å². The Balaban J connectivity index is 2.00. The van der Waals surface area contributed by atoms with E-state index in [9.17, 15) is 4.79 Å². The Morgan fingerprint density at radius 1 is 1.09 bits per heavy atom. The normalized spacial score (nSPS) is 19.5. The van der Waals surface area contributed by atoms with E-state index < -0.39 is 0 Å². The maximum absolute atomic E-state index is 12.5. The summed E-state index contributed by atoms with van der Waals surface area (Å²) < 4.78 is 0. The number of benzene rings is 2. The number of halogens is 1. The highest BCUT2D eigenvalue weighted by Gasteiger charge is 2.33. The van der Waals surface area contributed by atoms with Crippen molar-refractivity contribution in [1.29, 1.82) is 0 Å². The first kappa shape index (κ1) is 13.3. The minimum absolute atomic E-state index is 0.109. The molecular formula is C18H13ClN2O. The number of hydrogen-bond acceptors (Lipinski definition) is 2. The third-order valence-corrected chi connectivity index (χ3v) is 4.31. The summed E-state index contributed by atoms with van der Waals surface area (Å²) in [6.07, 6.45) is 1.92. The van der Waals surface area contributed by atoms with Gasteiger partial charge in [-0.2, -0.15) is 0 Å². The van der Waals surface area contributed by atoms with Crippen LogP contribution in [0.2, 0.25) is 5.02 Å². The Labute approximate surface area is 133 Å². The van der Waals surface area contributed by atoms with Crippen molar-refractivity contribution < 1.29 is 4.79 Å². The second kappa shape index (κ2) is 5.11. The van der Waals surface area contributed by atoms with E-state index in [2.05, 4.69) is 10.3 Å². The van der Waals surface area contributed by atoms with Crippen molar-refractivity contribution >= 4 is 28.8 Å². The molecule has 4 rings (SSSR count). The Hall–Kier alpha value is -2.39. The van der Waals surface area contributed by atoms with Crippen LogP contribution in [0.5, 0.6) is 0 Å². The first-order valence-corrected chi connectivity index (χ1v) is 7.53. The summed E-state index contributed by atoms with van der Waals surface area (Å²) in [6.45, 7) is 0.599. The molecule has 108 valence electrons. The van der Waals surface area contributed by atoms with Crippen LogP contribution in [0.1, 0.15) is 16.7 Å². The van der Waals surface area contributed by atoms with Crippen molar-refractivity contribution in [1.82, 2.24) is 5.32 Å². The molecule has 1 N–H and O–H groups in total. The molecule has 0 bridgehead atoms. The highest BCUT2D eigenvalue weighted by molar-refractivity contribution is 6.32. The minimum atomic E-state index is -0.221. The zero-order chi connectivity index (χ0) is 15.1. The van der Waals surface area contributed by atoms with E-state index >= 15 is 0 Å². The topological polar surface area (TPSA) is 41.5 Å². The van der Waals surface area contributed by atoms with E-state index in [-0.39, 0.29) is 11.8 Å². The third-order valence-electron chi connectivity index (χ3n) is 4.07. The average molecular weight is 309 g/mol. The summed E-state index contributed by atoms with van der Waals surface area (Å²) in [5.74, 6) is -0.330. The van der Waals surface area contributed by atoms with Crippen molar-refractivity contribution in [2.24, 2.45) is 10.9 Å². The van der Waals surface area contributed by atoms with Gasteiger partial charge in [-0.05, 0) is 23.3 Å². The highest BCUT2D eigenvalue weighted by Crippen LogP contribution is 2.35. The lowest BCUT2D eigenvalue weighted by atomic mass is 9.90. The van der Waals surface area contributed by atoms with Gasteiger partial charge in [-0.25, -0.2) is 4.99 Å². The monoisotopic (exact) mass is 308 g/mol. The molecule has 0 radical (unpaired) electrons. The van der Waals surface area contributed by atoms with Crippen molar-refractivity contribution in [2.75, 3.05) is 6.54 Å². The lowest BCUT2D eigenvalue weighted by Gasteiger charge is -2.11. The number of aliphatic imine (C=N–C) groups is 1. The van der Waals surface area contributed by atoms with Gasteiger partial charge in [-0.3, -0.25) is 4.79 Å². The summed E-state index contributed by atoms with van der Waals surface area (Å²) in [5, 5.41) is 3.79. The molecule has 0 saturated heterocycles. The molecule has 0 aromatic heterocycles. The second-order valence-electron chi connectivity index (χ2n) is 5.42. The van der Waals surface area contributed by atoms with Gasteiger partial charge in [0.2, 0.25) is 0 Å². The predicted molar refractivity (Wildman–Crippen MR) is 88.0 cm³/mol. The fraction of sp³-hybridized carbons (Fsp3) is 0.111. The lowest BCUT2D eigenvalue weighted by molar-refractivity contribution is -0.119. The maximum atomic E-state index is 12.5. The molecular weight excluding hydrogens is 296 g/mol. The largest absolute Gasteiger partial charge is 0.389 e.